The highest BCUT2D eigenvalue weighted by Crippen LogP contribution is 2.16. The lowest BCUT2D eigenvalue weighted by Gasteiger charge is -2.08. The standard InChI is InChI=1S/C12H12N2O2/c1-9-4-5-11(14-7-3-6-13-14)10(8-9)12(15)16-2/h3-8H,1-2H3. The van der Waals surface area contributed by atoms with Gasteiger partial charge in [0.15, 0.2) is 0 Å². The van der Waals surface area contributed by atoms with Crippen LogP contribution in [-0.4, -0.2) is 22.9 Å². The highest BCUT2D eigenvalue weighted by atomic mass is 16.5. The van der Waals surface area contributed by atoms with Crippen LogP contribution >= 0.6 is 0 Å². The van der Waals surface area contributed by atoms with Crippen molar-refractivity contribution in [1.29, 1.82) is 0 Å². The second kappa shape index (κ2) is 4.18. The molecule has 0 saturated carbocycles. The molecule has 82 valence electrons. The van der Waals surface area contributed by atoms with E-state index in [1.165, 1.54) is 7.11 Å². The first-order valence-electron chi connectivity index (χ1n) is 4.91. The lowest BCUT2D eigenvalue weighted by Crippen LogP contribution is -2.08. The molecule has 2 rings (SSSR count). The van der Waals surface area contributed by atoms with Crippen LogP contribution in [0.2, 0.25) is 0 Å². The summed E-state index contributed by atoms with van der Waals surface area (Å²) in [5.74, 6) is -0.353. The fourth-order valence-corrected chi connectivity index (χ4v) is 1.53. The summed E-state index contributed by atoms with van der Waals surface area (Å²) in [4.78, 5) is 11.6. The van der Waals surface area contributed by atoms with Crippen molar-refractivity contribution in [3.8, 4) is 5.69 Å². The van der Waals surface area contributed by atoms with Crippen LogP contribution in [0.3, 0.4) is 0 Å². The maximum absolute atomic E-state index is 11.6. The minimum Gasteiger partial charge on any atom is -0.465 e. The molecular formula is C12H12N2O2. The zero-order valence-electron chi connectivity index (χ0n) is 9.18. The van der Waals surface area contributed by atoms with Crippen LogP contribution in [-0.2, 0) is 4.74 Å². The minimum absolute atomic E-state index is 0.353. The second-order valence-corrected chi connectivity index (χ2v) is 3.46. The van der Waals surface area contributed by atoms with E-state index in [1.54, 1.807) is 29.2 Å². The van der Waals surface area contributed by atoms with Crippen LogP contribution in [0.5, 0.6) is 0 Å². The van der Waals surface area contributed by atoms with Crippen molar-refractivity contribution in [3.63, 3.8) is 0 Å². The molecule has 4 nitrogen and oxygen atoms in total. The number of benzene rings is 1. The summed E-state index contributed by atoms with van der Waals surface area (Å²) in [6.07, 6.45) is 3.46. The molecule has 0 atom stereocenters. The van der Waals surface area contributed by atoms with Gasteiger partial charge in [-0.1, -0.05) is 11.6 Å². The number of esters is 1. The maximum atomic E-state index is 11.6. The first-order chi connectivity index (χ1) is 7.72. The smallest absolute Gasteiger partial charge is 0.340 e. The average Bonchev–Trinajstić information content (AvgIpc) is 2.81. The highest BCUT2D eigenvalue weighted by molar-refractivity contribution is 5.93. The summed E-state index contributed by atoms with van der Waals surface area (Å²) in [5.41, 5.74) is 2.25. The number of rotatable bonds is 2. The van der Waals surface area contributed by atoms with Gasteiger partial charge in [0.05, 0.1) is 18.4 Å². The summed E-state index contributed by atoms with van der Waals surface area (Å²) in [5, 5.41) is 4.10. The highest BCUT2D eigenvalue weighted by Gasteiger charge is 2.13. The Labute approximate surface area is 93.5 Å². The maximum Gasteiger partial charge on any atom is 0.340 e. The van der Waals surface area contributed by atoms with E-state index in [4.69, 9.17) is 4.74 Å². The number of hydrogen-bond acceptors (Lipinski definition) is 3. The molecule has 16 heavy (non-hydrogen) atoms. The Morgan fingerprint density at radius 1 is 1.44 bits per heavy atom. The van der Waals surface area contributed by atoms with Crippen molar-refractivity contribution in [3.05, 3.63) is 47.8 Å². The lowest BCUT2D eigenvalue weighted by atomic mass is 10.1. The van der Waals surface area contributed by atoms with E-state index >= 15 is 0 Å². The molecule has 0 aliphatic heterocycles. The molecule has 0 spiro atoms. The third-order valence-electron chi connectivity index (χ3n) is 2.31. The predicted molar refractivity (Wildman–Crippen MR) is 59.6 cm³/mol. The van der Waals surface area contributed by atoms with E-state index in [0.29, 0.717) is 5.56 Å². The van der Waals surface area contributed by atoms with E-state index in [2.05, 4.69) is 5.10 Å². The van der Waals surface area contributed by atoms with Crippen LogP contribution in [0.1, 0.15) is 15.9 Å². The Morgan fingerprint density at radius 2 is 2.25 bits per heavy atom. The third kappa shape index (κ3) is 1.82. The molecule has 0 aliphatic rings. The molecule has 0 N–H and O–H groups in total. The molecule has 1 aromatic carbocycles. The number of ether oxygens (including phenoxy) is 1. The number of aromatic nitrogens is 2. The topological polar surface area (TPSA) is 44.1 Å². The van der Waals surface area contributed by atoms with Crippen LogP contribution in [0.25, 0.3) is 5.69 Å². The third-order valence-corrected chi connectivity index (χ3v) is 2.31. The van der Waals surface area contributed by atoms with Gasteiger partial charge in [0.25, 0.3) is 0 Å². The number of carbonyl (C=O) groups is 1. The van der Waals surface area contributed by atoms with Crippen LogP contribution < -0.4 is 0 Å². The van der Waals surface area contributed by atoms with Crippen molar-refractivity contribution in [2.75, 3.05) is 7.11 Å². The Balaban J connectivity index is 2.57. The van der Waals surface area contributed by atoms with E-state index in [0.717, 1.165) is 11.3 Å². The molecule has 2 aromatic rings. The molecule has 0 fully saturated rings. The van der Waals surface area contributed by atoms with Gasteiger partial charge < -0.3 is 4.74 Å². The fourth-order valence-electron chi connectivity index (χ4n) is 1.53. The zero-order chi connectivity index (χ0) is 11.5. The predicted octanol–water partition coefficient (Wildman–Crippen LogP) is 1.97. The molecule has 0 amide bonds. The number of carbonyl (C=O) groups excluding carboxylic acids is 1. The second-order valence-electron chi connectivity index (χ2n) is 3.46. The molecule has 0 radical (unpaired) electrons. The van der Waals surface area contributed by atoms with Crippen molar-refractivity contribution < 1.29 is 9.53 Å². The van der Waals surface area contributed by atoms with Crippen molar-refractivity contribution >= 4 is 5.97 Å². The molecule has 0 unspecified atom stereocenters. The Morgan fingerprint density at radius 3 is 2.88 bits per heavy atom. The van der Waals surface area contributed by atoms with E-state index in [1.807, 2.05) is 19.1 Å². The van der Waals surface area contributed by atoms with Gasteiger partial charge in [-0.05, 0) is 25.1 Å². The number of aryl methyl sites for hydroxylation is 1. The summed E-state index contributed by atoms with van der Waals surface area (Å²) >= 11 is 0. The SMILES string of the molecule is COC(=O)c1cc(C)ccc1-n1cccn1. The number of hydrogen-bond donors (Lipinski definition) is 0. The lowest BCUT2D eigenvalue weighted by molar-refractivity contribution is 0.0600. The molecule has 0 saturated heterocycles. The summed E-state index contributed by atoms with van der Waals surface area (Å²) in [6.45, 7) is 1.93. The molecule has 1 heterocycles. The number of nitrogens with zero attached hydrogens (tertiary/aromatic N) is 2. The average molecular weight is 216 g/mol. The van der Waals surface area contributed by atoms with Gasteiger partial charge in [-0.15, -0.1) is 0 Å². The minimum atomic E-state index is -0.353. The van der Waals surface area contributed by atoms with Crippen LogP contribution in [0.4, 0.5) is 0 Å². The fraction of sp³-hybridized carbons (Fsp3) is 0.167. The molecule has 0 bridgehead atoms. The first kappa shape index (κ1) is 10.4. The Kier molecular flexibility index (Phi) is 2.72. The van der Waals surface area contributed by atoms with Gasteiger partial charge in [0.1, 0.15) is 0 Å². The van der Waals surface area contributed by atoms with Gasteiger partial charge in [0, 0.05) is 12.4 Å². The van der Waals surface area contributed by atoms with Gasteiger partial charge in [0.2, 0.25) is 0 Å². The Bertz CT molecular complexity index is 504. The van der Waals surface area contributed by atoms with Gasteiger partial charge in [-0.3, -0.25) is 0 Å². The van der Waals surface area contributed by atoms with Gasteiger partial charge in [-0.25, -0.2) is 9.48 Å². The molecule has 0 aliphatic carbocycles. The van der Waals surface area contributed by atoms with Crippen molar-refractivity contribution in [1.82, 2.24) is 9.78 Å². The zero-order valence-corrected chi connectivity index (χ0v) is 9.18. The molecular weight excluding hydrogens is 204 g/mol. The number of methoxy groups -OCH3 is 1. The normalized spacial score (nSPS) is 10.1. The molecule has 1 aromatic heterocycles. The van der Waals surface area contributed by atoms with E-state index in [9.17, 15) is 4.79 Å². The van der Waals surface area contributed by atoms with Crippen LogP contribution in [0.15, 0.2) is 36.7 Å². The van der Waals surface area contributed by atoms with Gasteiger partial charge in [-0.2, -0.15) is 5.10 Å². The summed E-state index contributed by atoms with van der Waals surface area (Å²) < 4.78 is 6.39. The Hall–Kier alpha value is -2.10. The first-order valence-corrected chi connectivity index (χ1v) is 4.91. The van der Waals surface area contributed by atoms with E-state index in [-0.39, 0.29) is 5.97 Å². The van der Waals surface area contributed by atoms with Crippen molar-refractivity contribution in [2.45, 2.75) is 6.92 Å². The summed E-state index contributed by atoms with van der Waals surface area (Å²) in [7, 11) is 1.37. The van der Waals surface area contributed by atoms with Crippen LogP contribution in [0, 0.1) is 6.92 Å². The monoisotopic (exact) mass is 216 g/mol. The van der Waals surface area contributed by atoms with E-state index < -0.39 is 0 Å². The molecule has 4 heteroatoms. The van der Waals surface area contributed by atoms with Gasteiger partial charge >= 0.3 is 5.97 Å². The van der Waals surface area contributed by atoms with Crippen molar-refractivity contribution in [2.24, 2.45) is 0 Å². The summed E-state index contributed by atoms with van der Waals surface area (Å²) in [6, 6.07) is 7.39. The largest absolute Gasteiger partial charge is 0.465 e. The quantitative estimate of drug-likeness (QED) is 0.721.